The summed E-state index contributed by atoms with van der Waals surface area (Å²) in [6, 6.07) is 9.15. The van der Waals surface area contributed by atoms with E-state index in [1.165, 1.54) is 6.20 Å². The Kier molecular flexibility index (Phi) is 11.9. The molecule has 0 radical (unpaired) electrons. The van der Waals surface area contributed by atoms with Gasteiger partial charge in [0.1, 0.15) is 29.7 Å². The first-order valence-electron chi connectivity index (χ1n) is 9.17. The Morgan fingerprint density at radius 3 is 2.48 bits per heavy atom. The van der Waals surface area contributed by atoms with E-state index in [-0.39, 0.29) is 5.57 Å². The molecule has 0 fully saturated rings. The number of nitrogens with zero attached hydrogens (tertiary/aromatic N) is 1. The summed E-state index contributed by atoms with van der Waals surface area (Å²) < 4.78 is 16.1. The summed E-state index contributed by atoms with van der Waals surface area (Å²) in [5.74, 6) is 1.09. The number of benzene rings is 1. The third kappa shape index (κ3) is 10.1. The minimum absolute atomic E-state index is 0.0337. The molecule has 0 heterocycles. The second kappa shape index (κ2) is 14.4. The quantitative estimate of drug-likeness (QED) is 0.295. The van der Waals surface area contributed by atoms with Crippen molar-refractivity contribution in [2.24, 2.45) is 0 Å². The molecule has 0 bridgehead atoms. The molecule has 0 saturated heterocycles. The van der Waals surface area contributed by atoms with Gasteiger partial charge in [0.05, 0.1) is 7.11 Å². The third-order valence-electron chi connectivity index (χ3n) is 3.58. The van der Waals surface area contributed by atoms with Gasteiger partial charge in [-0.25, -0.2) is 0 Å². The number of hydrogen-bond acceptors (Lipinski definition) is 6. The maximum absolute atomic E-state index is 11.9. The van der Waals surface area contributed by atoms with Gasteiger partial charge in [-0.3, -0.25) is 4.79 Å². The Hall–Kier alpha value is -2.72. The number of unbranched alkanes of at least 4 members (excludes halogenated alkanes) is 1. The van der Waals surface area contributed by atoms with E-state index in [2.05, 4.69) is 17.6 Å². The maximum atomic E-state index is 11.9. The van der Waals surface area contributed by atoms with Gasteiger partial charge in [-0.05, 0) is 37.1 Å². The molecule has 1 rings (SSSR count). The average molecular weight is 375 g/mol. The van der Waals surface area contributed by atoms with E-state index in [1.54, 1.807) is 7.11 Å². The molecule has 0 aromatic heterocycles. The third-order valence-corrected chi connectivity index (χ3v) is 3.58. The number of amides is 1. The number of carbonyl (C=O) groups is 1. The molecule has 7 heteroatoms. The van der Waals surface area contributed by atoms with Crippen molar-refractivity contribution in [3.8, 4) is 17.6 Å². The summed E-state index contributed by atoms with van der Waals surface area (Å²) in [5.41, 5.74) is 0.0337. The predicted molar refractivity (Wildman–Crippen MR) is 104 cm³/mol. The lowest BCUT2D eigenvalue weighted by atomic mass is 10.3. The topological polar surface area (TPSA) is 92.6 Å². The van der Waals surface area contributed by atoms with Gasteiger partial charge in [0, 0.05) is 32.5 Å². The Morgan fingerprint density at radius 1 is 1.11 bits per heavy atom. The minimum Gasteiger partial charge on any atom is -0.497 e. The summed E-state index contributed by atoms with van der Waals surface area (Å²) in [6.45, 7) is 4.81. The number of ether oxygens (including phenoxy) is 3. The second-order valence-corrected chi connectivity index (χ2v) is 5.72. The van der Waals surface area contributed by atoms with Crippen LogP contribution in [-0.4, -0.2) is 45.9 Å². The van der Waals surface area contributed by atoms with Crippen molar-refractivity contribution >= 4 is 5.91 Å². The van der Waals surface area contributed by atoms with Gasteiger partial charge in [0.15, 0.2) is 0 Å². The van der Waals surface area contributed by atoms with Crippen LogP contribution in [0.4, 0.5) is 0 Å². The number of nitrogens with one attached hydrogen (secondary N) is 2. The average Bonchev–Trinajstić information content (AvgIpc) is 2.70. The van der Waals surface area contributed by atoms with Crippen LogP contribution in [0.15, 0.2) is 36.0 Å². The monoisotopic (exact) mass is 375 g/mol. The SMILES string of the molecule is CCCCOCCCNC(=O)/C(C#N)=C\NCCOc1ccc(OC)cc1. The Balaban J connectivity index is 2.19. The molecule has 0 aliphatic heterocycles. The van der Waals surface area contributed by atoms with E-state index in [9.17, 15) is 4.79 Å². The normalized spacial score (nSPS) is 10.8. The highest BCUT2D eigenvalue weighted by Gasteiger charge is 2.07. The van der Waals surface area contributed by atoms with E-state index in [0.717, 1.165) is 37.4 Å². The minimum atomic E-state index is -0.394. The molecule has 0 unspecified atom stereocenters. The highest BCUT2D eigenvalue weighted by Crippen LogP contribution is 2.16. The van der Waals surface area contributed by atoms with Gasteiger partial charge in [-0.1, -0.05) is 13.3 Å². The highest BCUT2D eigenvalue weighted by molar-refractivity contribution is 5.97. The zero-order chi connectivity index (χ0) is 19.7. The molecular weight excluding hydrogens is 346 g/mol. The van der Waals surface area contributed by atoms with Crippen LogP contribution in [0.25, 0.3) is 0 Å². The van der Waals surface area contributed by atoms with Crippen molar-refractivity contribution in [2.45, 2.75) is 26.2 Å². The van der Waals surface area contributed by atoms with Crippen molar-refractivity contribution in [2.75, 3.05) is 40.0 Å². The number of hydrogen-bond donors (Lipinski definition) is 2. The number of methoxy groups -OCH3 is 1. The van der Waals surface area contributed by atoms with Crippen LogP contribution in [0.2, 0.25) is 0 Å². The molecule has 1 aromatic carbocycles. The molecule has 0 aliphatic rings. The van der Waals surface area contributed by atoms with Crippen LogP contribution >= 0.6 is 0 Å². The van der Waals surface area contributed by atoms with Crippen LogP contribution in [0.1, 0.15) is 26.2 Å². The van der Waals surface area contributed by atoms with E-state index >= 15 is 0 Å². The number of rotatable bonds is 14. The van der Waals surface area contributed by atoms with E-state index in [1.807, 2.05) is 30.3 Å². The standard InChI is InChI=1S/C20H29N3O4/c1-3-4-12-26-13-5-10-23-20(24)17(15-21)16-22-11-14-27-19-8-6-18(25-2)7-9-19/h6-9,16,22H,3-5,10-14H2,1-2H3,(H,23,24)/b17-16-. The fourth-order valence-electron chi connectivity index (χ4n) is 2.04. The van der Waals surface area contributed by atoms with Crippen molar-refractivity contribution < 1.29 is 19.0 Å². The lowest BCUT2D eigenvalue weighted by Gasteiger charge is -2.08. The first-order valence-corrected chi connectivity index (χ1v) is 9.17. The summed E-state index contributed by atoms with van der Waals surface area (Å²) >= 11 is 0. The first kappa shape index (κ1) is 22.3. The van der Waals surface area contributed by atoms with E-state index < -0.39 is 5.91 Å². The van der Waals surface area contributed by atoms with E-state index in [4.69, 9.17) is 19.5 Å². The summed E-state index contributed by atoms with van der Waals surface area (Å²) in [7, 11) is 1.61. The van der Waals surface area contributed by atoms with Crippen molar-refractivity contribution in [3.05, 3.63) is 36.0 Å². The van der Waals surface area contributed by atoms with Gasteiger partial charge in [0.2, 0.25) is 0 Å². The Labute approximate surface area is 161 Å². The largest absolute Gasteiger partial charge is 0.497 e. The second-order valence-electron chi connectivity index (χ2n) is 5.72. The van der Waals surface area contributed by atoms with Gasteiger partial charge < -0.3 is 24.8 Å². The molecule has 1 amide bonds. The fourth-order valence-corrected chi connectivity index (χ4v) is 2.04. The molecule has 0 spiro atoms. The van der Waals surface area contributed by atoms with Crippen LogP contribution in [0, 0.1) is 11.3 Å². The lowest BCUT2D eigenvalue weighted by Crippen LogP contribution is -2.27. The van der Waals surface area contributed by atoms with E-state index in [0.29, 0.717) is 26.3 Å². The smallest absolute Gasteiger partial charge is 0.263 e. The van der Waals surface area contributed by atoms with Crippen LogP contribution in [0.3, 0.4) is 0 Å². The van der Waals surface area contributed by atoms with Crippen molar-refractivity contribution in [3.63, 3.8) is 0 Å². The van der Waals surface area contributed by atoms with Gasteiger partial charge in [-0.2, -0.15) is 5.26 Å². The molecule has 0 atom stereocenters. The summed E-state index contributed by atoms with van der Waals surface area (Å²) in [5, 5.41) is 14.7. The summed E-state index contributed by atoms with van der Waals surface area (Å²) in [6.07, 6.45) is 4.27. The number of nitriles is 1. The van der Waals surface area contributed by atoms with Crippen LogP contribution in [-0.2, 0) is 9.53 Å². The van der Waals surface area contributed by atoms with Gasteiger partial charge in [-0.15, -0.1) is 0 Å². The molecular formula is C20H29N3O4. The zero-order valence-electron chi connectivity index (χ0n) is 16.1. The first-order chi connectivity index (χ1) is 13.2. The molecule has 0 aliphatic carbocycles. The van der Waals surface area contributed by atoms with Crippen LogP contribution in [0.5, 0.6) is 11.5 Å². The Bertz CT molecular complexity index is 609. The molecule has 0 saturated carbocycles. The highest BCUT2D eigenvalue weighted by atomic mass is 16.5. The maximum Gasteiger partial charge on any atom is 0.263 e. The molecule has 7 nitrogen and oxygen atoms in total. The lowest BCUT2D eigenvalue weighted by molar-refractivity contribution is -0.117. The number of carbonyl (C=O) groups excluding carboxylic acids is 1. The molecule has 27 heavy (non-hydrogen) atoms. The predicted octanol–water partition coefficient (Wildman–Crippen LogP) is 2.39. The van der Waals surface area contributed by atoms with Crippen molar-refractivity contribution in [1.29, 1.82) is 5.26 Å². The molecule has 1 aromatic rings. The van der Waals surface area contributed by atoms with Gasteiger partial charge in [0.25, 0.3) is 5.91 Å². The van der Waals surface area contributed by atoms with Crippen molar-refractivity contribution in [1.82, 2.24) is 10.6 Å². The zero-order valence-corrected chi connectivity index (χ0v) is 16.1. The fraction of sp³-hybridized carbons (Fsp3) is 0.500. The van der Waals surface area contributed by atoms with Crippen LogP contribution < -0.4 is 20.1 Å². The molecule has 2 N–H and O–H groups in total. The molecule has 148 valence electrons. The van der Waals surface area contributed by atoms with Gasteiger partial charge >= 0.3 is 0 Å². The Morgan fingerprint density at radius 2 is 1.81 bits per heavy atom. The summed E-state index contributed by atoms with van der Waals surface area (Å²) in [4.78, 5) is 11.9.